The summed E-state index contributed by atoms with van der Waals surface area (Å²) in [5.41, 5.74) is 6.59. The second-order valence-electron chi connectivity index (χ2n) is 4.16. The van der Waals surface area contributed by atoms with Gasteiger partial charge in [-0.25, -0.2) is 13.8 Å². The van der Waals surface area contributed by atoms with Crippen LogP contribution in [0.1, 0.15) is 0 Å². The lowest BCUT2D eigenvalue weighted by Gasteiger charge is -2.09. The number of benzene rings is 2. The quantitative estimate of drug-likeness (QED) is 0.618. The Morgan fingerprint density at radius 2 is 1.95 bits per heavy atom. The lowest BCUT2D eigenvalue weighted by atomic mass is 10.2. The van der Waals surface area contributed by atoms with Gasteiger partial charge in [0.2, 0.25) is 5.95 Å². The van der Waals surface area contributed by atoms with Crippen LogP contribution >= 0.6 is 34.2 Å². The number of hydrogen-bond donors (Lipinski definition) is 1. The van der Waals surface area contributed by atoms with E-state index in [1.807, 2.05) is 6.07 Å². The van der Waals surface area contributed by atoms with Crippen molar-refractivity contribution >= 4 is 51.2 Å². The topological polar surface area (TPSA) is 43.8 Å². The number of aromatic nitrogens is 2. The van der Waals surface area contributed by atoms with Gasteiger partial charge in [0, 0.05) is 15.7 Å². The number of anilines is 1. The van der Waals surface area contributed by atoms with E-state index in [0.717, 1.165) is 9.64 Å². The van der Waals surface area contributed by atoms with E-state index in [1.165, 1.54) is 10.6 Å². The van der Waals surface area contributed by atoms with Crippen molar-refractivity contribution in [3.63, 3.8) is 0 Å². The predicted molar refractivity (Wildman–Crippen MR) is 83.1 cm³/mol. The maximum absolute atomic E-state index is 13.7. The van der Waals surface area contributed by atoms with Crippen LogP contribution < -0.4 is 5.73 Å². The number of nitrogen functional groups attached to an aromatic ring is 1. The van der Waals surface area contributed by atoms with E-state index in [4.69, 9.17) is 17.3 Å². The van der Waals surface area contributed by atoms with Crippen LogP contribution in [-0.4, -0.2) is 9.55 Å². The number of hydrogen-bond acceptors (Lipinski definition) is 2. The van der Waals surface area contributed by atoms with Crippen LogP contribution in [0.3, 0.4) is 0 Å². The van der Waals surface area contributed by atoms with Crippen molar-refractivity contribution in [1.29, 1.82) is 0 Å². The van der Waals surface area contributed by atoms with E-state index >= 15 is 0 Å². The molecule has 0 bridgehead atoms. The van der Waals surface area contributed by atoms with Crippen molar-refractivity contribution in [2.75, 3.05) is 5.73 Å². The van der Waals surface area contributed by atoms with Crippen LogP contribution in [-0.2, 0) is 0 Å². The van der Waals surface area contributed by atoms with E-state index in [0.29, 0.717) is 10.7 Å². The minimum atomic E-state index is -0.757. The van der Waals surface area contributed by atoms with Gasteiger partial charge in [0.15, 0.2) is 5.82 Å². The molecule has 0 saturated carbocycles. The molecule has 0 unspecified atom stereocenters. The Labute approximate surface area is 131 Å². The van der Waals surface area contributed by atoms with Crippen LogP contribution in [0.5, 0.6) is 0 Å². The monoisotopic (exact) mass is 405 g/mol. The fourth-order valence-electron chi connectivity index (χ4n) is 2.04. The number of imidazole rings is 1. The van der Waals surface area contributed by atoms with E-state index < -0.39 is 11.6 Å². The summed E-state index contributed by atoms with van der Waals surface area (Å²) in [6.07, 6.45) is 0. The average molecular weight is 406 g/mol. The molecule has 3 rings (SSSR count). The molecule has 1 aromatic heterocycles. The first kappa shape index (κ1) is 13.6. The molecule has 20 heavy (non-hydrogen) atoms. The van der Waals surface area contributed by atoms with E-state index in [9.17, 15) is 8.78 Å². The molecule has 7 heteroatoms. The Balaban J connectivity index is 2.38. The molecule has 0 spiro atoms. The van der Waals surface area contributed by atoms with Gasteiger partial charge in [-0.15, -0.1) is 0 Å². The number of rotatable bonds is 1. The zero-order valence-electron chi connectivity index (χ0n) is 9.87. The molecular formula is C13H7ClF2IN3. The molecule has 0 saturated heterocycles. The van der Waals surface area contributed by atoms with Gasteiger partial charge in [-0.1, -0.05) is 11.6 Å². The number of nitrogens with two attached hydrogens (primary N) is 1. The van der Waals surface area contributed by atoms with Gasteiger partial charge >= 0.3 is 0 Å². The molecule has 102 valence electrons. The lowest BCUT2D eigenvalue weighted by molar-refractivity contribution is 0.590. The Hall–Kier alpha value is -1.41. The van der Waals surface area contributed by atoms with Crippen molar-refractivity contribution in [3.8, 4) is 5.69 Å². The molecule has 0 amide bonds. The molecule has 3 aromatic rings. The summed E-state index contributed by atoms with van der Waals surface area (Å²) in [4.78, 5) is 3.93. The summed E-state index contributed by atoms with van der Waals surface area (Å²) in [5.74, 6) is -1.41. The van der Waals surface area contributed by atoms with Gasteiger partial charge in [-0.3, -0.25) is 4.57 Å². The third kappa shape index (κ3) is 2.12. The second kappa shape index (κ2) is 4.85. The van der Waals surface area contributed by atoms with Crippen LogP contribution in [0.15, 0.2) is 30.3 Å². The minimum Gasteiger partial charge on any atom is -0.369 e. The van der Waals surface area contributed by atoms with E-state index in [2.05, 4.69) is 27.6 Å². The minimum absolute atomic E-state index is 0.0125. The number of nitrogens with zero attached hydrogens (tertiary/aromatic N) is 2. The normalized spacial score (nSPS) is 11.2. The lowest BCUT2D eigenvalue weighted by Crippen LogP contribution is -2.01. The molecule has 2 aromatic carbocycles. The fourth-order valence-corrected chi connectivity index (χ4v) is 2.98. The highest BCUT2D eigenvalue weighted by Crippen LogP contribution is 2.30. The molecule has 0 aliphatic heterocycles. The van der Waals surface area contributed by atoms with Crippen molar-refractivity contribution < 1.29 is 8.78 Å². The molecule has 1 heterocycles. The smallest absolute Gasteiger partial charge is 0.206 e. The van der Waals surface area contributed by atoms with Crippen molar-refractivity contribution in [1.82, 2.24) is 9.55 Å². The van der Waals surface area contributed by atoms with E-state index in [-0.39, 0.29) is 17.0 Å². The van der Waals surface area contributed by atoms with Crippen LogP contribution in [0.25, 0.3) is 16.7 Å². The van der Waals surface area contributed by atoms with Crippen molar-refractivity contribution in [2.45, 2.75) is 0 Å². The standard InChI is InChI=1S/C13H7ClF2IN3/c14-8-5-7(17)1-2-10(8)20-11-4-6(15)3-9(16)12(11)19-13(20)18/h1-5H,(H2,18,19). The maximum atomic E-state index is 13.7. The molecule has 2 N–H and O–H groups in total. The average Bonchev–Trinajstić information content (AvgIpc) is 2.67. The summed E-state index contributed by atoms with van der Waals surface area (Å²) in [6, 6.07) is 7.23. The number of halogens is 4. The van der Waals surface area contributed by atoms with Crippen LogP contribution in [0.4, 0.5) is 14.7 Å². The second-order valence-corrected chi connectivity index (χ2v) is 5.81. The molecule has 0 atom stereocenters. The van der Waals surface area contributed by atoms with Crippen LogP contribution in [0.2, 0.25) is 5.02 Å². The predicted octanol–water partition coefficient (Wildman–Crippen LogP) is 4.14. The molecular weight excluding hydrogens is 399 g/mol. The fraction of sp³-hybridized carbons (Fsp3) is 0. The largest absolute Gasteiger partial charge is 0.369 e. The molecule has 0 aliphatic carbocycles. The SMILES string of the molecule is Nc1nc2c(F)cc(F)cc2n1-c1ccc(I)cc1Cl. The highest BCUT2D eigenvalue weighted by Gasteiger charge is 2.16. The van der Waals surface area contributed by atoms with Gasteiger partial charge in [0.25, 0.3) is 0 Å². The van der Waals surface area contributed by atoms with Gasteiger partial charge in [0.1, 0.15) is 11.3 Å². The summed E-state index contributed by atoms with van der Waals surface area (Å²) in [6.45, 7) is 0. The molecule has 3 nitrogen and oxygen atoms in total. The zero-order chi connectivity index (χ0) is 14.4. The van der Waals surface area contributed by atoms with Crippen LogP contribution in [0, 0.1) is 15.2 Å². The third-order valence-corrected chi connectivity index (χ3v) is 3.83. The van der Waals surface area contributed by atoms with Gasteiger partial charge in [-0.05, 0) is 40.8 Å². The van der Waals surface area contributed by atoms with Crippen molar-refractivity contribution in [2.24, 2.45) is 0 Å². The zero-order valence-corrected chi connectivity index (χ0v) is 12.8. The summed E-state index contributed by atoms with van der Waals surface area (Å²) >= 11 is 8.29. The highest BCUT2D eigenvalue weighted by atomic mass is 127. The van der Waals surface area contributed by atoms with Gasteiger partial charge in [0.05, 0.1) is 16.2 Å². The molecule has 0 fully saturated rings. The van der Waals surface area contributed by atoms with Crippen molar-refractivity contribution in [3.05, 3.63) is 50.6 Å². The Morgan fingerprint density at radius 1 is 1.20 bits per heavy atom. The van der Waals surface area contributed by atoms with Gasteiger partial charge in [-0.2, -0.15) is 0 Å². The summed E-state index contributed by atoms with van der Waals surface area (Å²) in [5, 5.41) is 0.424. The molecule has 0 radical (unpaired) electrons. The van der Waals surface area contributed by atoms with Gasteiger partial charge < -0.3 is 5.73 Å². The first-order chi connectivity index (χ1) is 9.47. The Morgan fingerprint density at radius 3 is 2.65 bits per heavy atom. The first-order valence-electron chi connectivity index (χ1n) is 5.56. The first-order valence-corrected chi connectivity index (χ1v) is 7.01. The highest BCUT2D eigenvalue weighted by molar-refractivity contribution is 14.1. The third-order valence-electron chi connectivity index (χ3n) is 2.86. The maximum Gasteiger partial charge on any atom is 0.206 e. The number of fused-ring (bicyclic) bond motifs is 1. The summed E-state index contributed by atoms with van der Waals surface area (Å²) in [7, 11) is 0. The summed E-state index contributed by atoms with van der Waals surface area (Å²) < 4.78 is 29.5. The Kier molecular flexibility index (Phi) is 3.29. The Bertz CT molecular complexity index is 832. The molecule has 0 aliphatic rings. The van der Waals surface area contributed by atoms with E-state index in [1.54, 1.807) is 12.1 Å².